The van der Waals surface area contributed by atoms with E-state index in [1.165, 1.54) is 32.4 Å². The molecule has 0 saturated carbocycles. The predicted octanol–water partition coefficient (Wildman–Crippen LogP) is 2.46. The van der Waals surface area contributed by atoms with Crippen LogP contribution in [0.3, 0.4) is 0 Å². The average molecular weight is 208 g/mol. The third kappa shape index (κ3) is 2.59. The predicted molar refractivity (Wildman–Crippen MR) is 50.9 cm³/mol. The van der Waals surface area contributed by atoms with Crippen molar-refractivity contribution in [3.05, 3.63) is 0 Å². The summed E-state index contributed by atoms with van der Waals surface area (Å²) in [5.41, 5.74) is 0. The number of likely N-dealkylation sites (tertiary alicyclic amines) is 1. The molecule has 1 saturated heterocycles. The van der Waals surface area contributed by atoms with Crippen LogP contribution in [0.5, 0.6) is 0 Å². The van der Waals surface area contributed by atoms with Crippen LogP contribution in [-0.4, -0.2) is 24.0 Å². The Bertz CT molecular complexity index is 79.3. The molecule has 0 spiro atoms. The molecule has 1 atom stereocenters. The molecule has 1 heterocycles. The van der Waals surface area contributed by atoms with Crippen LogP contribution in [-0.2, 0) is 0 Å². The average Bonchev–Trinajstić information content (AvgIpc) is 2.37. The zero-order valence-corrected chi connectivity index (χ0v) is 8.68. The summed E-state index contributed by atoms with van der Waals surface area (Å²) in [6.07, 6.45) is 4.15. The fraction of sp³-hybridized carbons (Fsp3) is 1.00. The van der Waals surface area contributed by atoms with E-state index in [0.717, 1.165) is 6.04 Å². The highest BCUT2D eigenvalue weighted by Crippen LogP contribution is 2.12. The molecule has 1 rings (SSSR count). The molecule has 0 radical (unpaired) electrons. The van der Waals surface area contributed by atoms with Crippen molar-refractivity contribution in [2.75, 3.05) is 13.1 Å². The van der Waals surface area contributed by atoms with Gasteiger partial charge in [0, 0.05) is 6.04 Å². The SMILES string of the molecule is Br.CCC(C)N1CCCC1. The fourth-order valence-corrected chi connectivity index (χ4v) is 1.44. The zero-order chi connectivity index (χ0) is 6.69. The molecule has 0 aliphatic carbocycles. The van der Waals surface area contributed by atoms with Crippen molar-refractivity contribution in [2.24, 2.45) is 0 Å². The first-order valence-electron chi connectivity index (χ1n) is 4.08. The Morgan fingerprint density at radius 2 is 1.80 bits per heavy atom. The van der Waals surface area contributed by atoms with Crippen LogP contribution in [0.4, 0.5) is 0 Å². The van der Waals surface area contributed by atoms with E-state index >= 15 is 0 Å². The summed E-state index contributed by atoms with van der Waals surface area (Å²) in [6, 6.07) is 0.826. The lowest BCUT2D eigenvalue weighted by Crippen LogP contribution is -2.29. The summed E-state index contributed by atoms with van der Waals surface area (Å²) in [4.78, 5) is 2.58. The van der Waals surface area contributed by atoms with Gasteiger partial charge in [0.1, 0.15) is 0 Å². The molecule has 2 heteroatoms. The van der Waals surface area contributed by atoms with Gasteiger partial charge in [-0.05, 0) is 39.3 Å². The van der Waals surface area contributed by atoms with Crippen LogP contribution < -0.4 is 0 Å². The maximum atomic E-state index is 2.58. The van der Waals surface area contributed by atoms with Crippen molar-refractivity contribution in [3.63, 3.8) is 0 Å². The molecule has 1 unspecified atom stereocenters. The lowest BCUT2D eigenvalue weighted by molar-refractivity contribution is 0.253. The second kappa shape index (κ2) is 5.14. The van der Waals surface area contributed by atoms with Crippen LogP contribution in [0.2, 0.25) is 0 Å². The number of hydrogen-bond acceptors (Lipinski definition) is 1. The van der Waals surface area contributed by atoms with E-state index in [2.05, 4.69) is 18.7 Å². The van der Waals surface area contributed by atoms with Gasteiger partial charge >= 0.3 is 0 Å². The second-order valence-electron chi connectivity index (χ2n) is 3.00. The van der Waals surface area contributed by atoms with E-state index in [9.17, 15) is 0 Å². The molecular formula is C8H18BrN. The van der Waals surface area contributed by atoms with E-state index in [1.807, 2.05) is 0 Å². The molecule has 0 amide bonds. The van der Waals surface area contributed by atoms with Gasteiger partial charge in [0.15, 0.2) is 0 Å². The topological polar surface area (TPSA) is 3.24 Å². The molecule has 0 bridgehead atoms. The normalized spacial score (nSPS) is 22.2. The summed E-state index contributed by atoms with van der Waals surface area (Å²) in [5, 5.41) is 0. The Kier molecular flexibility index (Phi) is 5.36. The monoisotopic (exact) mass is 207 g/mol. The molecule has 0 aromatic heterocycles. The Morgan fingerprint density at radius 1 is 1.30 bits per heavy atom. The van der Waals surface area contributed by atoms with Crippen molar-refractivity contribution in [3.8, 4) is 0 Å². The molecule has 0 N–H and O–H groups in total. The Morgan fingerprint density at radius 3 is 2.20 bits per heavy atom. The maximum absolute atomic E-state index is 2.58. The van der Waals surface area contributed by atoms with Crippen LogP contribution in [0, 0.1) is 0 Å². The summed E-state index contributed by atoms with van der Waals surface area (Å²) in [5.74, 6) is 0. The van der Waals surface area contributed by atoms with Gasteiger partial charge in [-0.3, -0.25) is 0 Å². The van der Waals surface area contributed by atoms with Gasteiger partial charge in [0.2, 0.25) is 0 Å². The minimum Gasteiger partial charge on any atom is -0.301 e. The molecule has 1 aliphatic heterocycles. The lowest BCUT2D eigenvalue weighted by Gasteiger charge is -2.21. The highest BCUT2D eigenvalue weighted by atomic mass is 79.9. The highest BCUT2D eigenvalue weighted by molar-refractivity contribution is 8.93. The number of nitrogens with zero attached hydrogens (tertiary/aromatic N) is 1. The first-order chi connectivity index (χ1) is 4.34. The largest absolute Gasteiger partial charge is 0.301 e. The third-order valence-corrected chi connectivity index (χ3v) is 2.35. The molecule has 1 nitrogen and oxygen atoms in total. The first-order valence-corrected chi connectivity index (χ1v) is 4.08. The Labute approximate surface area is 74.6 Å². The molecule has 0 aromatic carbocycles. The summed E-state index contributed by atoms with van der Waals surface area (Å²) < 4.78 is 0. The molecule has 10 heavy (non-hydrogen) atoms. The van der Waals surface area contributed by atoms with Crippen LogP contribution in [0.15, 0.2) is 0 Å². The van der Waals surface area contributed by atoms with E-state index in [1.54, 1.807) is 0 Å². The van der Waals surface area contributed by atoms with E-state index in [4.69, 9.17) is 0 Å². The van der Waals surface area contributed by atoms with Crippen molar-refractivity contribution >= 4 is 17.0 Å². The summed E-state index contributed by atoms with van der Waals surface area (Å²) >= 11 is 0. The van der Waals surface area contributed by atoms with Gasteiger partial charge in [0.05, 0.1) is 0 Å². The molecule has 0 aromatic rings. The van der Waals surface area contributed by atoms with E-state index in [-0.39, 0.29) is 17.0 Å². The van der Waals surface area contributed by atoms with Gasteiger partial charge in [0.25, 0.3) is 0 Å². The van der Waals surface area contributed by atoms with E-state index in [0.29, 0.717) is 0 Å². The third-order valence-electron chi connectivity index (χ3n) is 2.35. The molecular weight excluding hydrogens is 190 g/mol. The fourth-order valence-electron chi connectivity index (χ4n) is 1.44. The van der Waals surface area contributed by atoms with Crippen LogP contribution in [0.25, 0.3) is 0 Å². The van der Waals surface area contributed by atoms with Crippen LogP contribution in [0.1, 0.15) is 33.1 Å². The summed E-state index contributed by atoms with van der Waals surface area (Å²) in [6.45, 7) is 7.28. The Hall–Kier alpha value is 0.440. The lowest BCUT2D eigenvalue weighted by atomic mass is 10.2. The van der Waals surface area contributed by atoms with Crippen LogP contribution >= 0.6 is 17.0 Å². The van der Waals surface area contributed by atoms with Gasteiger partial charge in [-0.1, -0.05) is 6.92 Å². The maximum Gasteiger partial charge on any atom is 0.00643 e. The molecule has 1 aliphatic rings. The standard InChI is InChI=1S/C8H17N.BrH/c1-3-8(2)9-6-4-5-7-9;/h8H,3-7H2,1-2H3;1H. The second-order valence-corrected chi connectivity index (χ2v) is 3.00. The van der Waals surface area contributed by atoms with E-state index < -0.39 is 0 Å². The summed E-state index contributed by atoms with van der Waals surface area (Å²) in [7, 11) is 0. The van der Waals surface area contributed by atoms with Crippen molar-refractivity contribution < 1.29 is 0 Å². The van der Waals surface area contributed by atoms with Crippen molar-refractivity contribution in [2.45, 2.75) is 39.2 Å². The van der Waals surface area contributed by atoms with Gasteiger partial charge in [-0.2, -0.15) is 0 Å². The number of halogens is 1. The molecule has 62 valence electrons. The highest BCUT2D eigenvalue weighted by Gasteiger charge is 2.15. The van der Waals surface area contributed by atoms with Gasteiger partial charge in [-0.25, -0.2) is 0 Å². The first kappa shape index (κ1) is 10.4. The van der Waals surface area contributed by atoms with Crippen molar-refractivity contribution in [1.29, 1.82) is 0 Å². The van der Waals surface area contributed by atoms with Gasteiger partial charge < -0.3 is 4.90 Å². The quantitative estimate of drug-likeness (QED) is 0.673. The molecule has 1 fully saturated rings. The van der Waals surface area contributed by atoms with Gasteiger partial charge in [-0.15, -0.1) is 17.0 Å². The Balaban J connectivity index is 0.000000810. The minimum atomic E-state index is 0. The number of rotatable bonds is 2. The number of hydrogen-bond donors (Lipinski definition) is 0. The zero-order valence-electron chi connectivity index (χ0n) is 6.97. The van der Waals surface area contributed by atoms with Crippen molar-refractivity contribution in [1.82, 2.24) is 4.90 Å². The minimum absolute atomic E-state index is 0. The smallest absolute Gasteiger partial charge is 0.00643 e.